The van der Waals surface area contributed by atoms with Gasteiger partial charge in [-0.25, -0.2) is 0 Å². The van der Waals surface area contributed by atoms with E-state index in [2.05, 4.69) is 0 Å². The Balaban J connectivity index is 2.02. The fourth-order valence-electron chi connectivity index (χ4n) is 1.79. The first-order valence-electron chi connectivity index (χ1n) is 6.33. The molecule has 3 nitrogen and oxygen atoms in total. The van der Waals surface area contributed by atoms with Crippen molar-refractivity contribution in [2.24, 2.45) is 5.73 Å². The third-order valence-corrected chi connectivity index (χ3v) is 4.14. The lowest BCUT2D eigenvalue weighted by Crippen LogP contribution is -2.16. The molecule has 5 heteroatoms. The molecule has 0 saturated heterocycles. The molecule has 0 spiro atoms. The maximum atomic E-state index is 11.8. The number of ketones is 1. The van der Waals surface area contributed by atoms with Gasteiger partial charge in [-0.1, -0.05) is 29.8 Å². The van der Waals surface area contributed by atoms with Gasteiger partial charge in [-0.3, -0.25) is 9.59 Å². The molecule has 0 atom stereocenters. The monoisotopic (exact) mass is 319 g/mol. The van der Waals surface area contributed by atoms with E-state index in [0.717, 1.165) is 16.2 Å². The number of carbonyl (C=O) groups is 2. The predicted octanol–water partition coefficient (Wildman–Crippen LogP) is 3.69. The van der Waals surface area contributed by atoms with Gasteiger partial charge in [0.1, 0.15) is 0 Å². The van der Waals surface area contributed by atoms with E-state index in [0.29, 0.717) is 10.6 Å². The van der Waals surface area contributed by atoms with Crippen LogP contribution in [0.25, 0.3) is 0 Å². The van der Waals surface area contributed by atoms with Gasteiger partial charge in [0.15, 0.2) is 5.78 Å². The van der Waals surface area contributed by atoms with Gasteiger partial charge in [0.05, 0.1) is 6.42 Å². The minimum absolute atomic E-state index is 0.249. The third-order valence-electron chi connectivity index (χ3n) is 2.80. The van der Waals surface area contributed by atoms with Crippen molar-refractivity contribution >= 4 is 35.1 Å². The Bertz CT molecular complexity index is 656. The summed E-state index contributed by atoms with van der Waals surface area (Å²) in [4.78, 5) is 23.7. The van der Waals surface area contributed by atoms with E-state index < -0.39 is 5.91 Å². The Morgan fingerprint density at radius 1 is 1.10 bits per heavy atom. The van der Waals surface area contributed by atoms with Crippen molar-refractivity contribution in [3.63, 3.8) is 0 Å². The van der Waals surface area contributed by atoms with Crippen LogP contribution in [0.1, 0.15) is 22.3 Å². The first-order chi connectivity index (χ1) is 10.0. The van der Waals surface area contributed by atoms with Gasteiger partial charge in [-0.05, 0) is 35.9 Å². The highest BCUT2D eigenvalue weighted by Crippen LogP contribution is 2.24. The molecule has 2 rings (SSSR count). The summed E-state index contributed by atoms with van der Waals surface area (Å²) < 4.78 is 0. The van der Waals surface area contributed by atoms with Crippen LogP contribution in [0.2, 0.25) is 5.02 Å². The molecule has 108 valence electrons. The van der Waals surface area contributed by atoms with E-state index in [1.54, 1.807) is 23.9 Å². The van der Waals surface area contributed by atoms with Crippen LogP contribution in [0.3, 0.4) is 0 Å². The molecule has 0 fully saturated rings. The smallest absolute Gasteiger partial charge is 0.225 e. The van der Waals surface area contributed by atoms with Crippen LogP contribution in [0.4, 0.5) is 0 Å². The van der Waals surface area contributed by atoms with Crippen molar-refractivity contribution in [3.05, 3.63) is 64.7 Å². The minimum Gasteiger partial charge on any atom is -0.369 e. The standard InChI is InChI=1S/C16H14ClNO2S/c17-13-4-6-14(7-5-13)21-10-11-2-1-3-12(8-11)15(19)9-16(18)20/h1-8H,9-10H2,(H2,18,20). The molecule has 2 N–H and O–H groups in total. The first-order valence-corrected chi connectivity index (χ1v) is 7.70. The summed E-state index contributed by atoms with van der Waals surface area (Å²) in [6.07, 6.45) is -0.256. The summed E-state index contributed by atoms with van der Waals surface area (Å²) in [7, 11) is 0. The number of nitrogens with two attached hydrogens (primary N) is 1. The van der Waals surface area contributed by atoms with Crippen LogP contribution in [-0.2, 0) is 10.5 Å². The van der Waals surface area contributed by atoms with Crippen LogP contribution in [0.15, 0.2) is 53.4 Å². The second-order valence-electron chi connectivity index (χ2n) is 4.51. The molecule has 0 aliphatic carbocycles. The number of amides is 1. The average Bonchev–Trinajstić information content (AvgIpc) is 2.46. The molecule has 21 heavy (non-hydrogen) atoms. The lowest BCUT2D eigenvalue weighted by molar-refractivity contribution is -0.117. The van der Waals surface area contributed by atoms with E-state index in [-0.39, 0.29) is 12.2 Å². The van der Waals surface area contributed by atoms with Crippen LogP contribution < -0.4 is 5.73 Å². The maximum Gasteiger partial charge on any atom is 0.225 e. The summed E-state index contributed by atoms with van der Waals surface area (Å²) >= 11 is 7.50. The zero-order chi connectivity index (χ0) is 15.2. The van der Waals surface area contributed by atoms with Gasteiger partial charge in [-0.2, -0.15) is 0 Å². The van der Waals surface area contributed by atoms with Gasteiger partial charge < -0.3 is 5.73 Å². The lowest BCUT2D eigenvalue weighted by Gasteiger charge is -2.05. The van der Waals surface area contributed by atoms with Crippen molar-refractivity contribution in [2.45, 2.75) is 17.1 Å². The van der Waals surface area contributed by atoms with Crippen molar-refractivity contribution in [1.82, 2.24) is 0 Å². The summed E-state index contributed by atoms with van der Waals surface area (Å²) in [6, 6.07) is 14.9. The van der Waals surface area contributed by atoms with E-state index in [1.165, 1.54) is 0 Å². The third kappa shape index (κ3) is 4.92. The quantitative estimate of drug-likeness (QED) is 0.502. The number of halogens is 1. The van der Waals surface area contributed by atoms with Gasteiger partial charge in [0.25, 0.3) is 0 Å². The van der Waals surface area contributed by atoms with E-state index >= 15 is 0 Å². The molecular formula is C16H14ClNO2S. The average molecular weight is 320 g/mol. The molecule has 1 amide bonds. The fraction of sp³-hybridized carbons (Fsp3) is 0.125. The number of carbonyl (C=O) groups excluding carboxylic acids is 2. The highest BCUT2D eigenvalue weighted by atomic mass is 35.5. The van der Waals surface area contributed by atoms with Crippen LogP contribution in [0.5, 0.6) is 0 Å². The largest absolute Gasteiger partial charge is 0.369 e. The van der Waals surface area contributed by atoms with Crippen molar-refractivity contribution in [3.8, 4) is 0 Å². The van der Waals surface area contributed by atoms with Gasteiger partial charge in [0.2, 0.25) is 5.91 Å². The molecule has 0 heterocycles. The van der Waals surface area contributed by atoms with Crippen molar-refractivity contribution < 1.29 is 9.59 Å². The van der Waals surface area contributed by atoms with Crippen LogP contribution in [0, 0.1) is 0 Å². The Morgan fingerprint density at radius 2 is 1.81 bits per heavy atom. The van der Waals surface area contributed by atoms with Gasteiger partial charge in [0, 0.05) is 21.2 Å². The van der Waals surface area contributed by atoms with E-state index in [4.69, 9.17) is 17.3 Å². The lowest BCUT2D eigenvalue weighted by atomic mass is 10.1. The number of thioether (sulfide) groups is 1. The number of primary amides is 1. The number of Topliss-reactive ketones (excluding diaryl/α,β-unsaturated/α-hetero) is 1. The number of rotatable bonds is 6. The number of hydrogen-bond donors (Lipinski definition) is 1. The summed E-state index contributed by atoms with van der Waals surface area (Å²) in [5, 5.41) is 0.707. The molecule has 0 unspecified atom stereocenters. The zero-order valence-corrected chi connectivity index (χ0v) is 12.8. The molecule has 2 aromatic carbocycles. The fourth-order valence-corrected chi connectivity index (χ4v) is 2.76. The van der Waals surface area contributed by atoms with Crippen LogP contribution in [-0.4, -0.2) is 11.7 Å². The Hall–Kier alpha value is -1.78. The number of hydrogen-bond acceptors (Lipinski definition) is 3. The molecule has 0 radical (unpaired) electrons. The Morgan fingerprint density at radius 3 is 2.48 bits per heavy atom. The highest BCUT2D eigenvalue weighted by Gasteiger charge is 2.09. The minimum atomic E-state index is -0.610. The molecular weight excluding hydrogens is 306 g/mol. The summed E-state index contributed by atoms with van der Waals surface area (Å²) in [5.74, 6) is -0.124. The summed E-state index contributed by atoms with van der Waals surface area (Å²) in [6.45, 7) is 0. The second kappa shape index (κ2) is 7.29. The second-order valence-corrected chi connectivity index (χ2v) is 5.99. The number of benzene rings is 2. The Kier molecular flexibility index (Phi) is 5.42. The van der Waals surface area contributed by atoms with Crippen molar-refractivity contribution in [2.75, 3.05) is 0 Å². The topological polar surface area (TPSA) is 60.2 Å². The summed E-state index contributed by atoms with van der Waals surface area (Å²) in [5.41, 5.74) is 6.58. The van der Waals surface area contributed by atoms with Crippen molar-refractivity contribution in [1.29, 1.82) is 0 Å². The molecule has 0 aliphatic rings. The normalized spacial score (nSPS) is 10.3. The van der Waals surface area contributed by atoms with Gasteiger partial charge >= 0.3 is 0 Å². The molecule has 0 aliphatic heterocycles. The zero-order valence-electron chi connectivity index (χ0n) is 11.2. The first kappa shape index (κ1) is 15.6. The highest BCUT2D eigenvalue weighted by molar-refractivity contribution is 7.98. The molecule has 2 aromatic rings. The molecule has 0 aromatic heterocycles. The Labute approximate surface area is 132 Å². The SMILES string of the molecule is NC(=O)CC(=O)c1cccc(CSc2ccc(Cl)cc2)c1. The molecule has 0 bridgehead atoms. The van der Waals surface area contributed by atoms with E-state index in [1.807, 2.05) is 36.4 Å². The predicted molar refractivity (Wildman–Crippen MR) is 85.6 cm³/mol. The van der Waals surface area contributed by atoms with Crippen LogP contribution >= 0.6 is 23.4 Å². The van der Waals surface area contributed by atoms with Gasteiger partial charge in [-0.15, -0.1) is 11.8 Å². The maximum absolute atomic E-state index is 11.8. The molecule has 0 saturated carbocycles. The van der Waals surface area contributed by atoms with E-state index in [9.17, 15) is 9.59 Å².